The number of likely N-dealkylation sites (tertiary alicyclic amines) is 1. The molecule has 0 spiro atoms. The third kappa shape index (κ3) is 7.31. The van der Waals surface area contributed by atoms with E-state index >= 15 is 0 Å². The van der Waals surface area contributed by atoms with Gasteiger partial charge < -0.3 is 20.1 Å². The van der Waals surface area contributed by atoms with Gasteiger partial charge in [0.1, 0.15) is 5.75 Å². The number of ether oxygens (including phenoxy) is 1. The Balaban J connectivity index is 0.00000101. The first kappa shape index (κ1) is 23.6. The molecule has 30 heavy (non-hydrogen) atoms. The van der Waals surface area contributed by atoms with Crippen LogP contribution in [0.1, 0.15) is 29.9 Å². The Morgan fingerprint density at radius 2 is 1.97 bits per heavy atom. The minimum atomic E-state index is -0.250. The van der Waals surface area contributed by atoms with Gasteiger partial charge >= 0.3 is 0 Å². The predicted molar refractivity (Wildman–Crippen MR) is 123 cm³/mol. The molecular weight excluding hydrogens is 448 g/mol. The molecule has 0 aromatic heterocycles. The summed E-state index contributed by atoms with van der Waals surface area (Å²) in [6.45, 7) is 2.03. The molecule has 1 fully saturated rings. The molecule has 1 aliphatic heterocycles. The van der Waals surface area contributed by atoms with E-state index in [0.29, 0.717) is 5.92 Å². The molecule has 2 aromatic rings. The maximum atomic E-state index is 12.2. The van der Waals surface area contributed by atoms with Crippen molar-refractivity contribution in [1.82, 2.24) is 4.90 Å². The fourth-order valence-electron chi connectivity index (χ4n) is 3.46. The van der Waals surface area contributed by atoms with Crippen molar-refractivity contribution in [3.63, 3.8) is 0 Å². The number of nitrogens with one attached hydrogen (secondary N) is 1. The van der Waals surface area contributed by atoms with Gasteiger partial charge in [0.25, 0.3) is 6.47 Å². The van der Waals surface area contributed by atoms with Gasteiger partial charge in [-0.05, 0) is 74.3 Å². The van der Waals surface area contributed by atoms with Crippen LogP contribution in [0.15, 0.2) is 53.0 Å². The van der Waals surface area contributed by atoms with Gasteiger partial charge in [-0.25, -0.2) is 0 Å². The summed E-state index contributed by atoms with van der Waals surface area (Å²) >= 11 is 3.44. The van der Waals surface area contributed by atoms with E-state index in [4.69, 9.17) is 14.6 Å². The van der Waals surface area contributed by atoms with Crippen LogP contribution in [0.5, 0.6) is 5.75 Å². The zero-order valence-corrected chi connectivity index (χ0v) is 18.8. The van der Waals surface area contributed by atoms with Crippen LogP contribution in [0, 0.1) is 0 Å². The fourth-order valence-corrected chi connectivity index (χ4v) is 3.84. The van der Waals surface area contributed by atoms with Crippen molar-refractivity contribution in [2.75, 3.05) is 32.6 Å². The summed E-state index contributed by atoms with van der Waals surface area (Å²) in [5.74, 6) is 1.14. The number of nitrogens with zero attached hydrogens (tertiary/aromatic N) is 1. The number of methoxy groups -OCH3 is 1. The molecule has 1 atom stereocenters. The SMILES string of the molecule is COc1ccc(Br)cc1/C=C/C(=O)Nc1ccc(C2CCCN(C)C2)cc1.O=CO. The van der Waals surface area contributed by atoms with E-state index in [9.17, 15) is 4.79 Å². The van der Waals surface area contributed by atoms with Gasteiger partial charge in [0.05, 0.1) is 7.11 Å². The van der Waals surface area contributed by atoms with Crippen molar-refractivity contribution in [3.8, 4) is 5.75 Å². The van der Waals surface area contributed by atoms with Crippen molar-refractivity contribution in [3.05, 3.63) is 64.1 Å². The van der Waals surface area contributed by atoms with Gasteiger partial charge in [-0.3, -0.25) is 9.59 Å². The van der Waals surface area contributed by atoms with Gasteiger partial charge in [0.15, 0.2) is 0 Å². The second kappa shape index (κ2) is 12.1. The van der Waals surface area contributed by atoms with Crippen molar-refractivity contribution in [1.29, 1.82) is 0 Å². The third-order valence-corrected chi connectivity index (χ3v) is 5.37. The van der Waals surface area contributed by atoms with Crippen LogP contribution in [-0.4, -0.2) is 49.6 Å². The lowest BCUT2D eigenvalue weighted by Crippen LogP contribution is -2.30. The molecule has 2 N–H and O–H groups in total. The highest BCUT2D eigenvalue weighted by Gasteiger charge is 2.18. The number of anilines is 1. The van der Waals surface area contributed by atoms with Gasteiger partial charge in [0, 0.05) is 28.3 Å². The van der Waals surface area contributed by atoms with E-state index in [1.807, 2.05) is 30.3 Å². The number of hydrogen-bond acceptors (Lipinski definition) is 4. The summed E-state index contributed by atoms with van der Waals surface area (Å²) < 4.78 is 6.26. The van der Waals surface area contributed by atoms with Gasteiger partial charge in [-0.15, -0.1) is 0 Å². The molecule has 1 aliphatic rings. The van der Waals surface area contributed by atoms with Crippen molar-refractivity contribution in [2.45, 2.75) is 18.8 Å². The molecule has 1 heterocycles. The van der Waals surface area contributed by atoms with Gasteiger partial charge in [-0.1, -0.05) is 28.1 Å². The number of hydrogen-bond donors (Lipinski definition) is 2. The number of likely N-dealkylation sites (N-methyl/N-ethyl adjacent to an activating group) is 1. The number of piperidine rings is 1. The van der Waals surface area contributed by atoms with Gasteiger partial charge in [0.2, 0.25) is 5.91 Å². The molecule has 1 saturated heterocycles. The van der Waals surface area contributed by atoms with E-state index < -0.39 is 0 Å². The van der Waals surface area contributed by atoms with Crippen LogP contribution in [0.3, 0.4) is 0 Å². The summed E-state index contributed by atoms with van der Waals surface area (Å²) in [4.78, 5) is 23.0. The Bertz CT molecular complexity index is 868. The Morgan fingerprint density at radius 1 is 1.27 bits per heavy atom. The third-order valence-electron chi connectivity index (χ3n) is 4.88. The number of amides is 1. The molecule has 1 amide bonds. The van der Waals surface area contributed by atoms with Crippen LogP contribution in [0.25, 0.3) is 6.08 Å². The summed E-state index contributed by atoms with van der Waals surface area (Å²) in [6, 6.07) is 13.9. The molecular formula is C23H27BrN2O4. The number of rotatable bonds is 5. The minimum Gasteiger partial charge on any atom is -0.496 e. The second-order valence-electron chi connectivity index (χ2n) is 7.04. The second-order valence-corrected chi connectivity index (χ2v) is 7.95. The molecule has 0 radical (unpaired) electrons. The normalized spacial score (nSPS) is 16.4. The fraction of sp³-hybridized carbons (Fsp3) is 0.304. The maximum absolute atomic E-state index is 12.2. The lowest BCUT2D eigenvalue weighted by Gasteiger charge is -2.30. The van der Waals surface area contributed by atoms with Crippen LogP contribution in [0.2, 0.25) is 0 Å². The summed E-state index contributed by atoms with van der Waals surface area (Å²) in [7, 11) is 3.79. The van der Waals surface area contributed by atoms with E-state index in [2.05, 4.69) is 45.3 Å². The summed E-state index contributed by atoms with van der Waals surface area (Å²) in [5.41, 5.74) is 2.99. The zero-order chi connectivity index (χ0) is 21.9. The van der Waals surface area contributed by atoms with Crippen LogP contribution >= 0.6 is 15.9 Å². The molecule has 6 nitrogen and oxygen atoms in total. The van der Waals surface area contributed by atoms with E-state index in [1.54, 1.807) is 13.2 Å². The first-order valence-electron chi connectivity index (χ1n) is 9.65. The molecule has 0 bridgehead atoms. The van der Waals surface area contributed by atoms with E-state index in [1.165, 1.54) is 31.0 Å². The molecule has 0 saturated carbocycles. The van der Waals surface area contributed by atoms with Crippen LogP contribution < -0.4 is 10.1 Å². The quantitative estimate of drug-likeness (QED) is 0.488. The molecule has 7 heteroatoms. The largest absolute Gasteiger partial charge is 0.496 e. The van der Waals surface area contributed by atoms with Crippen molar-refractivity contribution in [2.24, 2.45) is 0 Å². The first-order chi connectivity index (χ1) is 14.5. The zero-order valence-electron chi connectivity index (χ0n) is 17.2. The van der Waals surface area contributed by atoms with Crippen LogP contribution in [-0.2, 0) is 9.59 Å². The lowest BCUT2D eigenvalue weighted by atomic mass is 9.91. The Labute approximate surface area is 185 Å². The monoisotopic (exact) mass is 474 g/mol. The summed E-state index contributed by atoms with van der Waals surface area (Å²) in [5, 5.41) is 9.80. The number of halogens is 1. The minimum absolute atomic E-state index is 0.165. The number of carbonyl (C=O) groups excluding carboxylic acids is 1. The Morgan fingerprint density at radius 3 is 2.60 bits per heavy atom. The highest BCUT2D eigenvalue weighted by Crippen LogP contribution is 2.27. The van der Waals surface area contributed by atoms with Crippen molar-refractivity contribution >= 4 is 40.1 Å². The highest BCUT2D eigenvalue weighted by atomic mass is 79.9. The molecule has 0 aliphatic carbocycles. The highest BCUT2D eigenvalue weighted by molar-refractivity contribution is 9.10. The molecule has 160 valence electrons. The summed E-state index contributed by atoms with van der Waals surface area (Å²) in [6.07, 6.45) is 5.75. The number of benzene rings is 2. The lowest BCUT2D eigenvalue weighted by molar-refractivity contribution is -0.122. The van der Waals surface area contributed by atoms with E-state index in [-0.39, 0.29) is 12.4 Å². The first-order valence-corrected chi connectivity index (χ1v) is 10.4. The van der Waals surface area contributed by atoms with Gasteiger partial charge in [-0.2, -0.15) is 0 Å². The number of carboxylic acid groups (broad SMARTS) is 1. The smallest absolute Gasteiger partial charge is 0.290 e. The average molecular weight is 475 g/mol. The van der Waals surface area contributed by atoms with Crippen LogP contribution in [0.4, 0.5) is 5.69 Å². The maximum Gasteiger partial charge on any atom is 0.290 e. The molecule has 2 aromatic carbocycles. The Hall–Kier alpha value is -2.64. The van der Waals surface area contributed by atoms with E-state index in [0.717, 1.165) is 28.0 Å². The standard InChI is InChI=1S/C22H25BrN2O2.CH2O2/c1-25-13-3-4-18(15-25)16-5-9-20(10-6-16)24-22(26)12-7-17-14-19(23)8-11-21(17)27-2;2-1-3/h5-12,14,18H,3-4,13,15H2,1-2H3,(H,24,26);1H,(H,2,3)/b12-7+;. The number of carbonyl (C=O) groups is 2. The molecule has 3 rings (SSSR count). The predicted octanol–water partition coefficient (Wildman–Crippen LogP) is 4.62. The van der Waals surface area contributed by atoms with Crippen molar-refractivity contribution < 1.29 is 19.4 Å². The topological polar surface area (TPSA) is 78.9 Å². The Kier molecular flexibility index (Phi) is 9.57. The molecule has 1 unspecified atom stereocenters. The average Bonchev–Trinajstić information content (AvgIpc) is 2.73.